The van der Waals surface area contributed by atoms with E-state index in [9.17, 15) is 4.79 Å². The van der Waals surface area contributed by atoms with Crippen molar-refractivity contribution in [3.05, 3.63) is 36.2 Å². The molecule has 2 heterocycles. The summed E-state index contributed by atoms with van der Waals surface area (Å²) in [6, 6.07) is 7.30. The number of aromatic nitrogens is 3. The molecule has 0 spiro atoms. The number of fused-ring (bicyclic) bond motifs is 1. The molecule has 2 N–H and O–H groups in total. The average molecular weight is 245 g/mol. The van der Waals surface area contributed by atoms with Crippen LogP contribution in [0.5, 0.6) is 0 Å². The Labute approximate surface area is 99.9 Å². The second kappa shape index (κ2) is 3.67. The number of nitrogens with zero attached hydrogens (tertiary/aromatic N) is 2. The highest BCUT2D eigenvalue weighted by molar-refractivity contribution is 7.13. The molecule has 0 atom stereocenters. The molecule has 0 saturated heterocycles. The Kier molecular flexibility index (Phi) is 2.15. The molecule has 0 amide bonds. The summed E-state index contributed by atoms with van der Waals surface area (Å²) in [6.07, 6.45) is 1.79. The van der Waals surface area contributed by atoms with Crippen LogP contribution in [-0.2, 0) is 0 Å². The number of nitrogens with one attached hydrogen (secondary N) is 1. The van der Waals surface area contributed by atoms with Gasteiger partial charge in [0.25, 0.3) is 0 Å². The number of benzene rings is 1. The number of carbonyl (C=O) groups is 1. The van der Waals surface area contributed by atoms with Crippen LogP contribution in [0.4, 0.5) is 0 Å². The zero-order valence-corrected chi connectivity index (χ0v) is 9.36. The third-order valence-electron chi connectivity index (χ3n) is 2.47. The summed E-state index contributed by atoms with van der Waals surface area (Å²) in [4.78, 5) is 10.8. The second-order valence-electron chi connectivity index (χ2n) is 3.52. The fourth-order valence-corrected chi connectivity index (χ4v) is 2.43. The van der Waals surface area contributed by atoms with Crippen LogP contribution >= 0.6 is 11.5 Å². The normalized spacial score (nSPS) is 10.8. The highest BCUT2D eigenvalue weighted by Crippen LogP contribution is 2.30. The lowest BCUT2D eigenvalue weighted by Crippen LogP contribution is -1.95. The van der Waals surface area contributed by atoms with Gasteiger partial charge in [0.2, 0.25) is 0 Å². The number of rotatable bonds is 2. The molecule has 3 rings (SSSR count). The van der Waals surface area contributed by atoms with Gasteiger partial charge in [-0.2, -0.15) is 9.47 Å². The smallest absolute Gasteiger partial charge is 0.353 e. The number of H-pyrrole nitrogens is 1. The fourth-order valence-electron chi connectivity index (χ4n) is 1.67. The fraction of sp³-hybridized carbons (Fsp3) is 0. The number of carboxylic acid groups (broad SMARTS) is 1. The number of hydrogen-bond donors (Lipinski definition) is 2. The Balaban J connectivity index is 2.19. The van der Waals surface area contributed by atoms with Crippen molar-refractivity contribution in [3.63, 3.8) is 0 Å². The van der Waals surface area contributed by atoms with Crippen molar-refractivity contribution in [2.75, 3.05) is 0 Å². The van der Waals surface area contributed by atoms with Gasteiger partial charge in [0.05, 0.1) is 10.4 Å². The van der Waals surface area contributed by atoms with Crippen LogP contribution in [-0.4, -0.2) is 25.6 Å². The van der Waals surface area contributed by atoms with Gasteiger partial charge >= 0.3 is 5.97 Å². The molecular weight excluding hydrogens is 238 g/mol. The molecule has 0 aliphatic heterocycles. The van der Waals surface area contributed by atoms with Crippen molar-refractivity contribution in [2.45, 2.75) is 0 Å². The van der Waals surface area contributed by atoms with Gasteiger partial charge in [-0.15, -0.1) is 0 Å². The standard InChI is InChI=1S/C11H7N3O2S/c15-11(16)9-4-8(13-14-9)7-3-1-2-6-5-12-17-10(6)7/h1-5H,(H,13,14)(H,15,16). The summed E-state index contributed by atoms with van der Waals surface area (Å²) in [5.41, 5.74) is 1.60. The summed E-state index contributed by atoms with van der Waals surface area (Å²) in [7, 11) is 0. The Morgan fingerprint density at radius 1 is 1.41 bits per heavy atom. The van der Waals surface area contributed by atoms with E-state index >= 15 is 0 Å². The zero-order chi connectivity index (χ0) is 11.8. The molecule has 0 unspecified atom stereocenters. The number of aromatic carboxylic acids is 1. The first-order valence-electron chi connectivity index (χ1n) is 4.88. The molecule has 3 aromatic rings. The van der Waals surface area contributed by atoms with Crippen LogP contribution < -0.4 is 0 Å². The van der Waals surface area contributed by atoms with Crippen molar-refractivity contribution in [2.24, 2.45) is 0 Å². The minimum absolute atomic E-state index is 0.0847. The topological polar surface area (TPSA) is 78.9 Å². The van der Waals surface area contributed by atoms with E-state index < -0.39 is 5.97 Å². The summed E-state index contributed by atoms with van der Waals surface area (Å²) in [5.74, 6) is -1.01. The Hall–Kier alpha value is -2.21. The van der Waals surface area contributed by atoms with Crippen LogP contribution in [0.1, 0.15) is 10.5 Å². The molecule has 0 radical (unpaired) electrons. The van der Waals surface area contributed by atoms with E-state index in [0.717, 1.165) is 15.6 Å². The Bertz CT molecular complexity index is 701. The van der Waals surface area contributed by atoms with E-state index in [1.165, 1.54) is 17.6 Å². The first-order chi connectivity index (χ1) is 8.25. The van der Waals surface area contributed by atoms with Crippen molar-refractivity contribution in [1.29, 1.82) is 0 Å². The van der Waals surface area contributed by atoms with E-state index in [4.69, 9.17) is 5.11 Å². The first-order valence-corrected chi connectivity index (χ1v) is 5.65. The Morgan fingerprint density at radius 3 is 3.06 bits per heavy atom. The number of aromatic amines is 1. The minimum atomic E-state index is -1.01. The van der Waals surface area contributed by atoms with E-state index in [2.05, 4.69) is 14.6 Å². The third kappa shape index (κ3) is 1.58. The monoisotopic (exact) mass is 245 g/mol. The molecule has 2 aromatic heterocycles. The molecule has 0 saturated carbocycles. The third-order valence-corrected chi connectivity index (χ3v) is 3.31. The maximum atomic E-state index is 10.8. The lowest BCUT2D eigenvalue weighted by molar-refractivity contribution is 0.0690. The van der Waals surface area contributed by atoms with Gasteiger partial charge in [0, 0.05) is 17.1 Å². The van der Waals surface area contributed by atoms with Gasteiger partial charge in [-0.25, -0.2) is 4.79 Å². The summed E-state index contributed by atoms with van der Waals surface area (Å²) in [6.45, 7) is 0. The molecule has 6 heteroatoms. The van der Waals surface area contributed by atoms with Crippen LogP contribution in [0, 0.1) is 0 Å². The maximum Gasteiger partial charge on any atom is 0.353 e. The second-order valence-corrected chi connectivity index (χ2v) is 4.32. The molecular formula is C11H7N3O2S. The molecule has 0 aliphatic carbocycles. The molecule has 84 valence electrons. The average Bonchev–Trinajstić information content (AvgIpc) is 2.97. The van der Waals surface area contributed by atoms with Crippen LogP contribution in [0.15, 0.2) is 30.5 Å². The molecule has 0 fully saturated rings. The first kappa shape index (κ1) is 9.98. The molecule has 1 aromatic carbocycles. The van der Waals surface area contributed by atoms with E-state index in [1.54, 1.807) is 6.20 Å². The maximum absolute atomic E-state index is 10.8. The quantitative estimate of drug-likeness (QED) is 0.726. The van der Waals surface area contributed by atoms with Gasteiger partial charge < -0.3 is 5.11 Å². The van der Waals surface area contributed by atoms with Crippen LogP contribution in [0.3, 0.4) is 0 Å². The molecule has 0 bridgehead atoms. The highest BCUT2D eigenvalue weighted by atomic mass is 32.1. The van der Waals surface area contributed by atoms with Crippen LogP contribution in [0.2, 0.25) is 0 Å². The van der Waals surface area contributed by atoms with Gasteiger partial charge in [0.15, 0.2) is 0 Å². The van der Waals surface area contributed by atoms with E-state index in [0.29, 0.717) is 5.69 Å². The van der Waals surface area contributed by atoms with Crippen molar-refractivity contribution in [1.82, 2.24) is 14.6 Å². The summed E-state index contributed by atoms with van der Waals surface area (Å²) < 4.78 is 5.13. The van der Waals surface area contributed by atoms with Crippen molar-refractivity contribution in [3.8, 4) is 11.3 Å². The summed E-state index contributed by atoms with van der Waals surface area (Å²) >= 11 is 1.38. The molecule has 0 aliphatic rings. The van der Waals surface area contributed by atoms with Gasteiger partial charge in [-0.1, -0.05) is 18.2 Å². The molecule has 17 heavy (non-hydrogen) atoms. The molecule has 5 nitrogen and oxygen atoms in total. The van der Waals surface area contributed by atoms with Gasteiger partial charge in [-0.3, -0.25) is 5.10 Å². The zero-order valence-electron chi connectivity index (χ0n) is 8.54. The van der Waals surface area contributed by atoms with E-state index in [1.807, 2.05) is 18.2 Å². The largest absolute Gasteiger partial charge is 0.477 e. The predicted octanol–water partition coefficient (Wildman–Crippen LogP) is 2.38. The van der Waals surface area contributed by atoms with Gasteiger partial charge in [0.1, 0.15) is 5.69 Å². The van der Waals surface area contributed by atoms with Crippen molar-refractivity contribution < 1.29 is 9.90 Å². The van der Waals surface area contributed by atoms with Gasteiger partial charge in [-0.05, 0) is 17.6 Å². The lowest BCUT2D eigenvalue weighted by Gasteiger charge is -1.96. The van der Waals surface area contributed by atoms with Crippen LogP contribution in [0.25, 0.3) is 21.3 Å². The van der Waals surface area contributed by atoms with Crippen molar-refractivity contribution >= 4 is 27.6 Å². The van der Waals surface area contributed by atoms with E-state index in [-0.39, 0.29) is 5.69 Å². The summed E-state index contributed by atoms with van der Waals surface area (Å²) in [5, 5.41) is 16.4. The lowest BCUT2D eigenvalue weighted by atomic mass is 10.1. The highest BCUT2D eigenvalue weighted by Gasteiger charge is 2.12. The number of carboxylic acids is 1. The predicted molar refractivity (Wildman–Crippen MR) is 64.2 cm³/mol. The minimum Gasteiger partial charge on any atom is -0.477 e. The Morgan fingerprint density at radius 2 is 2.29 bits per heavy atom. The number of hydrogen-bond acceptors (Lipinski definition) is 4. The SMILES string of the molecule is O=C(O)c1cc(-c2cccc3cnsc23)n[nH]1.